The molecule has 1 aromatic heterocycles. The van der Waals surface area contributed by atoms with Crippen molar-refractivity contribution in [3.63, 3.8) is 0 Å². The van der Waals surface area contributed by atoms with Gasteiger partial charge < -0.3 is 5.32 Å². The Kier molecular flexibility index (Phi) is 4.73. The minimum atomic E-state index is -0.0826. The number of aromatic amines is 1. The zero-order valence-electron chi connectivity index (χ0n) is 12.6. The molecule has 0 spiro atoms. The van der Waals surface area contributed by atoms with Crippen LogP contribution in [0, 0.1) is 6.92 Å². The number of nitrogens with one attached hydrogen (secondary N) is 2. The number of hydrogen-bond acceptors (Lipinski definition) is 4. The van der Waals surface area contributed by atoms with Gasteiger partial charge in [-0.15, -0.1) is 5.10 Å². The summed E-state index contributed by atoms with van der Waals surface area (Å²) in [6, 6.07) is 17.8. The molecule has 0 aliphatic heterocycles. The van der Waals surface area contributed by atoms with Gasteiger partial charge >= 0.3 is 0 Å². The minimum absolute atomic E-state index is 0.0826. The number of nitrogens with zero attached hydrogens (tertiary/aromatic N) is 2. The van der Waals surface area contributed by atoms with Crippen LogP contribution >= 0.6 is 11.8 Å². The second-order valence-electron chi connectivity index (χ2n) is 4.95. The third-order valence-electron chi connectivity index (χ3n) is 3.20. The Balaban J connectivity index is 1.69. The number of benzene rings is 2. The summed E-state index contributed by atoms with van der Waals surface area (Å²) in [6.07, 6.45) is 0. The van der Waals surface area contributed by atoms with E-state index in [0.29, 0.717) is 5.16 Å². The van der Waals surface area contributed by atoms with Crippen LogP contribution in [0.1, 0.15) is 5.82 Å². The van der Waals surface area contributed by atoms with E-state index in [2.05, 4.69) is 20.5 Å². The van der Waals surface area contributed by atoms with E-state index >= 15 is 0 Å². The summed E-state index contributed by atoms with van der Waals surface area (Å²) < 4.78 is 0. The molecule has 0 atom stereocenters. The van der Waals surface area contributed by atoms with Crippen molar-refractivity contribution < 1.29 is 4.79 Å². The van der Waals surface area contributed by atoms with E-state index in [-0.39, 0.29) is 11.7 Å². The molecule has 3 aromatic rings. The number of hydrogen-bond donors (Lipinski definition) is 2. The van der Waals surface area contributed by atoms with Crippen molar-refractivity contribution in [1.82, 2.24) is 15.2 Å². The van der Waals surface area contributed by atoms with Crippen molar-refractivity contribution in [1.29, 1.82) is 0 Å². The molecule has 116 valence electrons. The van der Waals surface area contributed by atoms with Crippen molar-refractivity contribution in [2.45, 2.75) is 12.1 Å². The van der Waals surface area contributed by atoms with Crippen LogP contribution in [0.2, 0.25) is 0 Å². The molecule has 2 N–H and O–H groups in total. The van der Waals surface area contributed by atoms with Gasteiger partial charge in [0.25, 0.3) is 0 Å². The van der Waals surface area contributed by atoms with Gasteiger partial charge in [-0.25, -0.2) is 4.98 Å². The Morgan fingerprint density at radius 2 is 1.87 bits per heavy atom. The SMILES string of the molecule is Cc1nc(SCC(=O)Nc2ccccc2-c2ccccc2)n[nH]1. The lowest BCUT2D eigenvalue weighted by Crippen LogP contribution is -2.14. The zero-order chi connectivity index (χ0) is 16.1. The lowest BCUT2D eigenvalue weighted by Gasteiger charge is -2.10. The highest BCUT2D eigenvalue weighted by Crippen LogP contribution is 2.27. The van der Waals surface area contributed by atoms with Crippen LogP contribution in [0.15, 0.2) is 59.8 Å². The molecule has 6 heteroatoms. The maximum Gasteiger partial charge on any atom is 0.234 e. The third kappa shape index (κ3) is 3.98. The van der Waals surface area contributed by atoms with Crippen molar-refractivity contribution >= 4 is 23.4 Å². The molecule has 0 aliphatic rings. The number of H-pyrrole nitrogens is 1. The largest absolute Gasteiger partial charge is 0.325 e. The van der Waals surface area contributed by atoms with Gasteiger partial charge in [0.1, 0.15) is 5.82 Å². The first kappa shape index (κ1) is 15.3. The predicted molar refractivity (Wildman–Crippen MR) is 92.4 cm³/mol. The van der Waals surface area contributed by atoms with E-state index in [0.717, 1.165) is 22.6 Å². The zero-order valence-corrected chi connectivity index (χ0v) is 13.4. The van der Waals surface area contributed by atoms with Crippen LogP contribution in [-0.2, 0) is 4.79 Å². The molecule has 0 unspecified atom stereocenters. The highest BCUT2D eigenvalue weighted by Gasteiger charge is 2.10. The van der Waals surface area contributed by atoms with Crippen LogP contribution in [0.3, 0.4) is 0 Å². The van der Waals surface area contributed by atoms with Gasteiger partial charge in [0, 0.05) is 11.3 Å². The average molecular weight is 324 g/mol. The highest BCUT2D eigenvalue weighted by molar-refractivity contribution is 7.99. The molecule has 2 aromatic carbocycles. The number of amides is 1. The smallest absolute Gasteiger partial charge is 0.234 e. The van der Waals surface area contributed by atoms with Gasteiger partial charge in [-0.3, -0.25) is 9.89 Å². The standard InChI is InChI=1S/C17H16N4OS/c1-12-18-17(21-20-12)23-11-16(22)19-15-10-6-5-9-14(15)13-7-3-2-4-8-13/h2-10H,11H2,1H3,(H,19,22)(H,18,20,21). The summed E-state index contributed by atoms with van der Waals surface area (Å²) >= 11 is 1.30. The van der Waals surface area contributed by atoms with Crippen molar-refractivity contribution in [3.8, 4) is 11.1 Å². The van der Waals surface area contributed by atoms with Gasteiger partial charge in [-0.1, -0.05) is 60.3 Å². The summed E-state index contributed by atoms with van der Waals surface area (Å²) in [4.78, 5) is 16.3. The lowest BCUT2D eigenvalue weighted by atomic mass is 10.0. The Morgan fingerprint density at radius 1 is 1.13 bits per heavy atom. The summed E-state index contributed by atoms with van der Waals surface area (Å²) in [5.74, 6) is 0.920. The van der Waals surface area contributed by atoms with Crippen molar-refractivity contribution in [3.05, 3.63) is 60.4 Å². The van der Waals surface area contributed by atoms with E-state index in [1.807, 2.05) is 61.5 Å². The van der Waals surface area contributed by atoms with Crippen LogP contribution in [0.4, 0.5) is 5.69 Å². The number of carbonyl (C=O) groups excluding carboxylic acids is 1. The normalized spacial score (nSPS) is 10.5. The monoisotopic (exact) mass is 324 g/mol. The summed E-state index contributed by atoms with van der Waals surface area (Å²) in [6.45, 7) is 1.83. The van der Waals surface area contributed by atoms with Crippen molar-refractivity contribution in [2.75, 3.05) is 11.1 Å². The average Bonchev–Trinajstić information content (AvgIpc) is 3.00. The van der Waals surface area contributed by atoms with E-state index in [4.69, 9.17) is 0 Å². The van der Waals surface area contributed by atoms with E-state index in [9.17, 15) is 4.79 Å². The molecule has 3 rings (SSSR count). The fourth-order valence-corrected chi connectivity index (χ4v) is 2.81. The molecule has 0 fully saturated rings. The molecular weight excluding hydrogens is 308 g/mol. The summed E-state index contributed by atoms with van der Waals surface area (Å²) in [5.41, 5.74) is 2.87. The van der Waals surface area contributed by atoms with Crippen molar-refractivity contribution in [2.24, 2.45) is 0 Å². The first-order valence-corrected chi connectivity index (χ1v) is 8.17. The molecule has 0 bridgehead atoms. The van der Waals surface area contributed by atoms with Crippen LogP contribution < -0.4 is 5.32 Å². The summed E-state index contributed by atoms with van der Waals surface area (Å²) in [5, 5.41) is 10.3. The molecule has 0 aliphatic carbocycles. The number of carbonyl (C=O) groups is 1. The summed E-state index contributed by atoms with van der Waals surface area (Å²) in [7, 11) is 0. The van der Waals surface area contributed by atoms with Crippen LogP contribution in [-0.4, -0.2) is 26.8 Å². The van der Waals surface area contributed by atoms with E-state index in [1.54, 1.807) is 0 Å². The molecule has 1 heterocycles. The molecule has 0 saturated heterocycles. The number of anilines is 1. The number of para-hydroxylation sites is 1. The lowest BCUT2D eigenvalue weighted by molar-refractivity contribution is -0.113. The third-order valence-corrected chi connectivity index (χ3v) is 4.04. The Hall–Kier alpha value is -2.60. The Bertz CT molecular complexity index is 801. The van der Waals surface area contributed by atoms with Gasteiger partial charge in [0.2, 0.25) is 11.1 Å². The van der Waals surface area contributed by atoms with E-state index in [1.165, 1.54) is 11.8 Å². The second-order valence-corrected chi connectivity index (χ2v) is 5.89. The van der Waals surface area contributed by atoms with Gasteiger partial charge in [0.15, 0.2) is 0 Å². The highest BCUT2D eigenvalue weighted by atomic mass is 32.2. The molecule has 23 heavy (non-hydrogen) atoms. The number of rotatable bonds is 5. The predicted octanol–water partition coefficient (Wildman–Crippen LogP) is 3.51. The fourth-order valence-electron chi connectivity index (χ4n) is 2.16. The molecule has 5 nitrogen and oxygen atoms in total. The molecule has 0 radical (unpaired) electrons. The van der Waals surface area contributed by atoms with Gasteiger partial charge in [-0.05, 0) is 18.6 Å². The fraction of sp³-hybridized carbons (Fsp3) is 0.118. The first-order chi connectivity index (χ1) is 11.2. The number of aromatic nitrogens is 3. The minimum Gasteiger partial charge on any atom is -0.325 e. The topological polar surface area (TPSA) is 70.7 Å². The number of aryl methyl sites for hydroxylation is 1. The maximum atomic E-state index is 12.2. The Morgan fingerprint density at radius 3 is 2.61 bits per heavy atom. The maximum absolute atomic E-state index is 12.2. The van der Waals surface area contributed by atoms with Gasteiger partial charge in [0.05, 0.1) is 5.75 Å². The van der Waals surface area contributed by atoms with Crippen LogP contribution in [0.25, 0.3) is 11.1 Å². The molecular formula is C17H16N4OS. The first-order valence-electron chi connectivity index (χ1n) is 7.18. The van der Waals surface area contributed by atoms with E-state index < -0.39 is 0 Å². The van der Waals surface area contributed by atoms with Crippen LogP contribution in [0.5, 0.6) is 0 Å². The Labute approximate surface area is 138 Å². The number of thioether (sulfide) groups is 1. The second kappa shape index (κ2) is 7.11. The van der Waals surface area contributed by atoms with Gasteiger partial charge in [-0.2, -0.15) is 0 Å². The quantitative estimate of drug-likeness (QED) is 0.705. The molecule has 0 saturated carbocycles. The molecule has 1 amide bonds.